The molecule has 0 aliphatic rings. The van der Waals surface area contributed by atoms with Gasteiger partial charge in [0.2, 0.25) is 0 Å². The summed E-state index contributed by atoms with van der Waals surface area (Å²) in [6.07, 6.45) is 11.4. The molecule has 0 aromatic heterocycles. The van der Waals surface area contributed by atoms with Crippen molar-refractivity contribution in [2.75, 3.05) is 13.2 Å². The van der Waals surface area contributed by atoms with Gasteiger partial charge in [-0.15, -0.1) is 0 Å². The highest BCUT2D eigenvalue weighted by molar-refractivity contribution is 5.71. The lowest BCUT2D eigenvalue weighted by Crippen LogP contribution is -2.18. The summed E-state index contributed by atoms with van der Waals surface area (Å²) in [5.74, 6) is -0.364. The average Bonchev–Trinajstić information content (AvgIpc) is 2.61. The summed E-state index contributed by atoms with van der Waals surface area (Å²) >= 11 is 0. The van der Waals surface area contributed by atoms with E-state index < -0.39 is 0 Å². The van der Waals surface area contributed by atoms with Gasteiger partial charge >= 0.3 is 11.9 Å². The normalized spacial score (nSPS) is 12.0. The Morgan fingerprint density at radius 3 is 2.12 bits per heavy atom. The lowest BCUT2D eigenvalue weighted by Gasteiger charge is -2.14. The summed E-state index contributed by atoms with van der Waals surface area (Å²) in [5.41, 5.74) is 0. The van der Waals surface area contributed by atoms with E-state index in [2.05, 4.69) is 13.8 Å². The van der Waals surface area contributed by atoms with Crippen molar-refractivity contribution in [3.05, 3.63) is 0 Å². The predicted octanol–water partition coefficient (Wildman–Crippen LogP) is 5.36. The lowest BCUT2D eigenvalue weighted by molar-refractivity contribution is -0.273. The molecule has 1 unspecified atom stereocenters. The smallest absolute Gasteiger partial charge is 0.345 e. The van der Waals surface area contributed by atoms with Crippen molar-refractivity contribution in [2.45, 2.75) is 97.8 Å². The van der Waals surface area contributed by atoms with E-state index in [4.69, 9.17) is 14.5 Å². The number of hydrogen-bond donors (Lipinski definition) is 0. The molecule has 0 aromatic carbocycles. The van der Waals surface area contributed by atoms with Crippen molar-refractivity contribution in [1.29, 1.82) is 0 Å². The Hall–Kier alpha value is -1.10. The lowest BCUT2D eigenvalue weighted by atomic mass is 9.95. The minimum absolute atomic E-state index is 0.0555. The molecule has 0 aromatic rings. The van der Waals surface area contributed by atoms with E-state index in [1.807, 2.05) is 0 Å². The Labute approximate surface area is 153 Å². The van der Waals surface area contributed by atoms with Gasteiger partial charge in [0.05, 0.1) is 19.1 Å². The van der Waals surface area contributed by atoms with Gasteiger partial charge < -0.3 is 4.74 Å². The first kappa shape index (κ1) is 23.9. The third kappa shape index (κ3) is 14.9. The number of carbonyl (C=O) groups is 2. The van der Waals surface area contributed by atoms with Crippen LogP contribution in [0.25, 0.3) is 0 Å². The fraction of sp³-hybridized carbons (Fsp3) is 0.900. The summed E-state index contributed by atoms with van der Waals surface area (Å²) in [6, 6.07) is 0. The summed E-state index contributed by atoms with van der Waals surface area (Å²) < 4.78 is 5.14. The summed E-state index contributed by atoms with van der Waals surface area (Å²) in [7, 11) is 0. The van der Waals surface area contributed by atoms with Crippen LogP contribution in [0.3, 0.4) is 0 Å². The Morgan fingerprint density at radius 2 is 1.44 bits per heavy atom. The van der Waals surface area contributed by atoms with E-state index in [0.717, 1.165) is 70.6 Å². The molecule has 0 amide bonds. The summed E-state index contributed by atoms with van der Waals surface area (Å²) in [4.78, 5) is 33.0. The highest BCUT2D eigenvalue weighted by Crippen LogP contribution is 2.19. The zero-order valence-corrected chi connectivity index (χ0v) is 16.5. The van der Waals surface area contributed by atoms with Crippen molar-refractivity contribution in [1.82, 2.24) is 0 Å². The van der Waals surface area contributed by atoms with E-state index in [-0.39, 0.29) is 17.9 Å². The second-order valence-corrected chi connectivity index (χ2v) is 6.53. The minimum atomic E-state index is -0.231. The number of ether oxygens (including phenoxy) is 1. The van der Waals surface area contributed by atoms with Gasteiger partial charge in [-0.3, -0.25) is 9.68 Å². The van der Waals surface area contributed by atoms with Gasteiger partial charge in [-0.2, -0.15) is 4.89 Å². The summed E-state index contributed by atoms with van der Waals surface area (Å²) in [5, 5.41) is 0. The van der Waals surface area contributed by atoms with Crippen LogP contribution < -0.4 is 0 Å². The molecule has 0 bridgehead atoms. The number of carbonyl (C=O) groups excluding carboxylic acids is 2. The second-order valence-electron chi connectivity index (χ2n) is 6.53. The van der Waals surface area contributed by atoms with Gasteiger partial charge in [-0.1, -0.05) is 58.8 Å². The van der Waals surface area contributed by atoms with Crippen molar-refractivity contribution in [3.8, 4) is 0 Å². The van der Waals surface area contributed by atoms with Crippen molar-refractivity contribution in [2.24, 2.45) is 5.92 Å². The molecular formula is C20H38O5. The van der Waals surface area contributed by atoms with Crippen LogP contribution >= 0.6 is 0 Å². The van der Waals surface area contributed by atoms with Gasteiger partial charge in [0, 0.05) is 6.42 Å². The van der Waals surface area contributed by atoms with Crippen LogP contribution in [-0.4, -0.2) is 25.2 Å². The Balaban J connectivity index is 3.72. The molecule has 0 fully saturated rings. The van der Waals surface area contributed by atoms with Crippen LogP contribution in [0.15, 0.2) is 0 Å². The maximum Gasteiger partial charge on any atom is 0.345 e. The van der Waals surface area contributed by atoms with Crippen LogP contribution in [-0.2, 0) is 24.1 Å². The molecule has 5 nitrogen and oxygen atoms in total. The first-order chi connectivity index (χ1) is 12.2. The fourth-order valence-electron chi connectivity index (χ4n) is 2.61. The molecule has 0 rings (SSSR count). The first-order valence-corrected chi connectivity index (χ1v) is 10.1. The Morgan fingerprint density at radius 1 is 0.800 bits per heavy atom. The largest absolute Gasteiger partial charge is 0.466 e. The second kappa shape index (κ2) is 17.7. The molecule has 0 heterocycles. The fourth-order valence-corrected chi connectivity index (χ4v) is 2.61. The Kier molecular flexibility index (Phi) is 16.9. The molecule has 1 atom stereocenters. The van der Waals surface area contributed by atoms with Gasteiger partial charge in [0.1, 0.15) is 0 Å². The molecule has 5 heteroatoms. The average molecular weight is 359 g/mol. The zero-order chi connectivity index (χ0) is 18.8. The van der Waals surface area contributed by atoms with Crippen LogP contribution in [0.5, 0.6) is 0 Å². The maximum atomic E-state index is 12.0. The van der Waals surface area contributed by atoms with Gasteiger partial charge in [-0.05, 0) is 32.6 Å². The molecule has 0 saturated carbocycles. The monoisotopic (exact) mass is 358 g/mol. The maximum absolute atomic E-state index is 12.0. The Bertz CT molecular complexity index is 330. The predicted molar refractivity (Wildman–Crippen MR) is 98.9 cm³/mol. The number of esters is 1. The highest BCUT2D eigenvalue weighted by atomic mass is 17.2. The highest BCUT2D eigenvalue weighted by Gasteiger charge is 2.20. The number of unbranched alkanes of at least 4 members (excludes halogenated alkanes) is 6. The molecule has 0 spiro atoms. The van der Waals surface area contributed by atoms with Crippen LogP contribution in [0.1, 0.15) is 97.8 Å². The molecule has 0 saturated heterocycles. The standard InChI is InChI=1S/C20H38O5/c1-4-7-14-18(20(22)25-24-6-3)15-12-10-9-11-13-16-19(21)23-17-8-5-2/h18H,4-17H2,1-3H3. The third-order valence-corrected chi connectivity index (χ3v) is 4.19. The summed E-state index contributed by atoms with van der Waals surface area (Å²) in [6.45, 7) is 6.93. The van der Waals surface area contributed by atoms with Gasteiger partial charge in [0.25, 0.3) is 0 Å². The van der Waals surface area contributed by atoms with Crippen LogP contribution in [0.2, 0.25) is 0 Å². The van der Waals surface area contributed by atoms with E-state index in [1.54, 1.807) is 6.92 Å². The van der Waals surface area contributed by atoms with Crippen molar-refractivity contribution in [3.63, 3.8) is 0 Å². The molecule has 0 aliphatic carbocycles. The minimum Gasteiger partial charge on any atom is -0.466 e. The van der Waals surface area contributed by atoms with E-state index in [9.17, 15) is 9.59 Å². The molecule has 0 N–H and O–H groups in total. The van der Waals surface area contributed by atoms with Gasteiger partial charge in [0.15, 0.2) is 0 Å². The van der Waals surface area contributed by atoms with Crippen LogP contribution in [0, 0.1) is 5.92 Å². The van der Waals surface area contributed by atoms with Crippen molar-refractivity contribution >= 4 is 11.9 Å². The SMILES string of the molecule is CCCCOC(=O)CCCCCCCC(CCCC)C(=O)OOCC. The molecule has 0 aliphatic heterocycles. The molecule has 0 radical (unpaired) electrons. The molecular weight excluding hydrogens is 320 g/mol. The van der Waals surface area contributed by atoms with Crippen LogP contribution in [0.4, 0.5) is 0 Å². The van der Waals surface area contributed by atoms with E-state index in [1.165, 1.54) is 0 Å². The number of hydrogen-bond acceptors (Lipinski definition) is 5. The van der Waals surface area contributed by atoms with E-state index in [0.29, 0.717) is 19.6 Å². The number of rotatable bonds is 17. The first-order valence-electron chi connectivity index (χ1n) is 10.1. The van der Waals surface area contributed by atoms with Gasteiger partial charge in [-0.25, -0.2) is 4.79 Å². The zero-order valence-electron chi connectivity index (χ0n) is 16.5. The topological polar surface area (TPSA) is 61.8 Å². The molecule has 25 heavy (non-hydrogen) atoms. The van der Waals surface area contributed by atoms with E-state index >= 15 is 0 Å². The van der Waals surface area contributed by atoms with Crippen molar-refractivity contribution < 1.29 is 24.1 Å². The molecule has 148 valence electrons. The third-order valence-electron chi connectivity index (χ3n) is 4.19. The quantitative estimate of drug-likeness (QED) is 0.152.